The Balaban J connectivity index is 0.00000147. The van der Waals surface area contributed by atoms with Gasteiger partial charge in [0.2, 0.25) is 0 Å². The van der Waals surface area contributed by atoms with Crippen LogP contribution in [0.25, 0.3) is 0 Å². The second-order valence-corrected chi connectivity index (χ2v) is 12.6. The van der Waals surface area contributed by atoms with E-state index < -0.39 is 8.07 Å². The summed E-state index contributed by atoms with van der Waals surface area (Å²) < 4.78 is 0.342. The van der Waals surface area contributed by atoms with Gasteiger partial charge in [0.1, 0.15) is 0 Å². The molecule has 1 aromatic carbocycles. The van der Waals surface area contributed by atoms with E-state index in [1.165, 1.54) is 30.5 Å². The number of rotatable bonds is 2. The van der Waals surface area contributed by atoms with Gasteiger partial charge >= 0.3 is 129 Å². The smallest absolute Gasteiger partial charge is 1.00 e. The molecule has 1 heterocycles. The van der Waals surface area contributed by atoms with Crippen LogP contribution < -0.4 is 42.4 Å². The molecule has 0 radical (unpaired) electrons. The Kier molecular flexibility index (Phi) is 8.75. The molecule has 22 heavy (non-hydrogen) atoms. The van der Waals surface area contributed by atoms with Crippen molar-refractivity contribution in [1.82, 2.24) is 0 Å². The van der Waals surface area contributed by atoms with Gasteiger partial charge in [-0.05, 0) is 0 Å². The third-order valence-electron chi connectivity index (χ3n) is 5.30. The number of allylic oxidation sites excluding steroid dienone is 4. The maximum absolute atomic E-state index is 2.53. The van der Waals surface area contributed by atoms with Crippen LogP contribution in [0.4, 0.5) is 0 Å². The third kappa shape index (κ3) is 3.31. The average Bonchev–Trinajstić information content (AvgIpc) is 3.03. The van der Waals surface area contributed by atoms with E-state index in [0.717, 1.165) is 0 Å². The Morgan fingerprint density at radius 3 is 1.95 bits per heavy atom. The minimum Gasteiger partial charge on any atom is -1.00 e. The van der Waals surface area contributed by atoms with Gasteiger partial charge in [-0.15, -0.1) is 0 Å². The Morgan fingerprint density at radius 2 is 1.50 bits per heavy atom. The summed E-state index contributed by atoms with van der Waals surface area (Å²) in [6.45, 7) is 4.64. The van der Waals surface area contributed by atoms with Crippen molar-refractivity contribution in [2.75, 3.05) is 0 Å². The summed E-state index contributed by atoms with van der Waals surface area (Å²) >= 11 is 2.51. The topological polar surface area (TPSA) is 0 Å². The third-order valence-corrected chi connectivity index (χ3v) is 14.3. The molecular weight excluding hydrogens is 386 g/mol. The Hall–Kier alpha value is 0.501. The summed E-state index contributed by atoms with van der Waals surface area (Å²) in [4.78, 5) is 0. The molecule has 1 aliphatic heterocycles. The van der Waals surface area contributed by atoms with E-state index in [9.17, 15) is 0 Å². The monoisotopic (exact) mass is 406 g/mol. The zero-order chi connectivity index (χ0) is 13.5. The molecule has 0 saturated carbocycles. The van der Waals surface area contributed by atoms with Crippen molar-refractivity contribution in [1.29, 1.82) is 0 Å². The minimum atomic E-state index is -1.45. The van der Waals surface area contributed by atoms with Crippen molar-refractivity contribution in [3.05, 3.63) is 53.6 Å². The van der Waals surface area contributed by atoms with Crippen LogP contribution in [-0.2, 0) is 20.4 Å². The predicted molar refractivity (Wildman–Crippen MR) is 80.9 cm³/mol. The van der Waals surface area contributed by atoms with E-state index in [4.69, 9.17) is 0 Å². The van der Waals surface area contributed by atoms with Crippen molar-refractivity contribution < 1.29 is 57.7 Å². The fourth-order valence-electron chi connectivity index (χ4n) is 3.98. The maximum Gasteiger partial charge on any atom is -1.00 e. The zero-order valence-electron chi connectivity index (χ0n) is 13.0. The SMILES string of the molecule is CC1=C(C)[C]([Ti+3])([Si]2(c3ccccc3)CCCC2)C=C1.[Cl-].[Cl-].[Cl-]. The molecule has 0 bridgehead atoms. The minimum absolute atomic E-state index is 0. The molecule has 0 N–H and O–H groups in total. The summed E-state index contributed by atoms with van der Waals surface area (Å²) in [6.07, 6.45) is 7.75. The van der Waals surface area contributed by atoms with Crippen molar-refractivity contribution in [3.63, 3.8) is 0 Å². The van der Waals surface area contributed by atoms with Crippen molar-refractivity contribution in [3.8, 4) is 0 Å². The number of benzene rings is 1. The van der Waals surface area contributed by atoms with E-state index in [2.05, 4.69) is 76.8 Å². The first-order valence-electron chi connectivity index (χ1n) is 7.28. The van der Waals surface area contributed by atoms with Crippen LogP contribution in [-0.4, -0.2) is 8.07 Å². The number of hydrogen-bond donors (Lipinski definition) is 0. The van der Waals surface area contributed by atoms with Crippen LogP contribution >= 0.6 is 0 Å². The van der Waals surface area contributed by atoms with Gasteiger partial charge in [0.25, 0.3) is 0 Å². The van der Waals surface area contributed by atoms with Gasteiger partial charge < -0.3 is 37.2 Å². The second kappa shape index (κ2) is 8.56. The predicted octanol–water partition coefficient (Wildman–Crippen LogP) is -4.70. The van der Waals surface area contributed by atoms with E-state index >= 15 is 0 Å². The molecule has 118 valence electrons. The van der Waals surface area contributed by atoms with Crippen molar-refractivity contribution in [2.45, 2.75) is 42.1 Å². The van der Waals surface area contributed by atoms with Crippen LogP contribution in [0.2, 0.25) is 15.4 Å². The molecular formula is C17H21Cl3SiTi. The molecule has 1 saturated heterocycles. The fraction of sp³-hybridized carbons (Fsp3) is 0.412. The number of hydrogen-bond acceptors (Lipinski definition) is 0. The normalized spacial score (nSPS) is 25.3. The average molecular weight is 408 g/mol. The van der Waals surface area contributed by atoms with Crippen LogP contribution in [0.1, 0.15) is 26.7 Å². The maximum atomic E-state index is 2.53. The van der Waals surface area contributed by atoms with Gasteiger partial charge in [0.05, 0.1) is 0 Å². The first-order valence-corrected chi connectivity index (χ1v) is 10.5. The summed E-state index contributed by atoms with van der Waals surface area (Å²) in [5.41, 5.74) is 3.13. The molecule has 2 aliphatic rings. The Labute approximate surface area is 165 Å². The van der Waals surface area contributed by atoms with Gasteiger partial charge in [0, 0.05) is 0 Å². The van der Waals surface area contributed by atoms with Gasteiger partial charge in [-0.2, -0.15) is 0 Å². The summed E-state index contributed by atoms with van der Waals surface area (Å²) in [6, 6.07) is 14.3. The first-order chi connectivity index (χ1) is 9.10. The van der Waals surface area contributed by atoms with Crippen LogP contribution in [0.3, 0.4) is 0 Å². The van der Waals surface area contributed by atoms with Gasteiger partial charge in [0.15, 0.2) is 0 Å². The van der Waals surface area contributed by atoms with Crippen molar-refractivity contribution >= 4 is 13.3 Å². The fourth-order valence-corrected chi connectivity index (χ4v) is 12.2. The summed E-state index contributed by atoms with van der Waals surface area (Å²) in [5.74, 6) is 0. The second-order valence-electron chi connectivity index (χ2n) is 6.10. The Bertz CT molecular complexity index is 550. The van der Waals surface area contributed by atoms with E-state index in [1.54, 1.807) is 10.8 Å². The largest absolute Gasteiger partial charge is 1.00 e. The van der Waals surface area contributed by atoms with E-state index in [1.807, 2.05) is 0 Å². The summed E-state index contributed by atoms with van der Waals surface area (Å²) in [5, 5.41) is 1.67. The molecule has 1 unspecified atom stereocenters. The Morgan fingerprint density at radius 1 is 0.955 bits per heavy atom. The molecule has 1 aliphatic carbocycles. The van der Waals surface area contributed by atoms with Gasteiger partial charge in [-0.1, -0.05) is 0 Å². The first kappa shape index (κ1) is 22.5. The molecule has 3 rings (SSSR count). The zero-order valence-corrected chi connectivity index (χ0v) is 17.8. The van der Waals surface area contributed by atoms with Gasteiger partial charge in [-0.25, -0.2) is 0 Å². The van der Waals surface area contributed by atoms with E-state index in [0.29, 0.717) is 3.34 Å². The molecule has 0 aromatic heterocycles. The number of halogens is 3. The summed E-state index contributed by atoms with van der Waals surface area (Å²) in [7, 11) is -1.45. The molecule has 0 nitrogen and oxygen atoms in total. The van der Waals surface area contributed by atoms with Crippen LogP contribution in [0, 0.1) is 0 Å². The van der Waals surface area contributed by atoms with Crippen LogP contribution in [0.5, 0.6) is 0 Å². The quantitative estimate of drug-likeness (QED) is 0.433. The van der Waals surface area contributed by atoms with Gasteiger partial charge in [-0.3, -0.25) is 0 Å². The molecule has 5 heteroatoms. The molecule has 1 fully saturated rings. The van der Waals surface area contributed by atoms with Crippen LogP contribution in [0.15, 0.2) is 53.6 Å². The molecule has 0 amide bonds. The van der Waals surface area contributed by atoms with E-state index in [-0.39, 0.29) is 37.2 Å². The molecule has 1 aromatic rings. The van der Waals surface area contributed by atoms with Crippen molar-refractivity contribution in [2.24, 2.45) is 0 Å². The standard InChI is InChI=1S/C17H21Si.3ClH.Ti/c1-14-10-11-17(15(14)2)18(12-6-7-13-18)16-8-4-3-5-9-16;;;;/h3-5,8-11H,6-7,12-13H2,1-2H3;3*1H;/q;;;;+3/p-3. The molecule has 0 spiro atoms. The molecule has 1 atom stereocenters.